The molecule has 12 heteroatoms. The van der Waals surface area contributed by atoms with Gasteiger partial charge in [-0.1, -0.05) is 13.8 Å². The number of nitrogens with two attached hydrogens (primary N) is 2. The quantitative estimate of drug-likeness (QED) is 0.0982. The summed E-state index contributed by atoms with van der Waals surface area (Å²) in [6.45, 7) is 4.02. The molecule has 0 radical (unpaired) electrons. The number of carboxylic acid groups (broad SMARTS) is 2. The second-order valence-electron chi connectivity index (χ2n) is 6.78. The fourth-order valence-electron chi connectivity index (χ4n) is 2.34. The molecule has 0 saturated carbocycles. The molecule has 0 aliphatic heterocycles. The van der Waals surface area contributed by atoms with Crippen molar-refractivity contribution in [1.82, 2.24) is 16.0 Å². The van der Waals surface area contributed by atoms with Gasteiger partial charge in [-0.3, -0.25) is 19.8 Å². The molecule has 10 N–H and O–H groups in total. The smallest absolute Gasteiger partial charge is 0.326 e. The molecule has 12 nitrogen and oxygen atoms in total. The van der Waals surface area contributed by atoms with Gasteiger partial charge in [0.05, 0.1) is 12.5 Å². The number of carboxylic acids is 2. The van der Waals surface area contributed by atoms with Gasteiger partial charge < -0.3 is 37.6 Å². The van der Waals surface area contributed by atoms with E-state index in [4.69, 9.17) is 27.1 Å². The van der Waals surface area contributed by atoms with Gasteiger partial charge in [0.15, 0.2) is 5.96 Å². The Morgan fingerprint density at radius 2 is 1.61 bits per heavy atom. The van der Waals surface area contributed by atoms with Gasteiger partial charge in [0, 0.05) is 6.54 Å². The first-order valence-corrected chi connectivity index (χ1v) is 8.82. The molecule has 0 aliphatic rings. The van der Waals surface area contributed by atoms with E-state index in [-0.39, 0.29) is 24.8 Å². The Labute approximate surface area is 162 Å². The summed E-state index contributed by atoms with van der Waals surface area (Å²) in [5, 5.41) is 32.1. The van der Waals surface area contributed by atoms with Crippen LogP contribution in [-0.2, 0) is 19.2 Å². The van der Waals surface area contributed by atoms with Gasteiger partial charge in [0.2, 0.25) is 11.8 Å². The number of guanidine groups is 1. The molecule has 160 valence electrons. The first-order chi connectivity index (χ1) is 12.9. The molecule has 0 spiro atoms. The van der Waals surface area contributed by atoms with E-state index >= 15 is 0 Å². The van der Waals surface area contributed by atoms with Crippen molar-refractivity contribution in [2.75, 3.05) is 6.54 Å². The van der Waals surface area contributed by atoms with Crippen molar-refractivity contribution in [2.24, 2.45) is 17.4 Å². The number of carbonyl (C=O) groups is 4. The maximum Gasteiger partial charge on any atom is 0.326 e. The highest BCUT2D eigenvalue weighted by Gasteiger charge is 2.29. The lowest BCUT2D eigenvalue weighted by molar-refractivity contribution is -0.147. The number of carbonyl (C=O) groups excluding carboxylic acids is 2. The minimum Gasteiger partial charge on any atom is -0.481 e. The molecule has 0 aromatic rings. The van der Waals surface area contributed by atoms with Crippen molar-refractivity contribution in [3.63, 3.8) is 0 Å². The van der Waals surface area contributed by atoms with Gasteiger partial charge in [0.1, 0.15) is 12.1 Å². The number of rotatable bonds is 13. The highest BCUT2D eigenvalue weighted by molar-refractivity contribution is 5.92. The molecule has 28 heavy (non-hydrogen) atoms. The number of nitrogens with one attached hydrogen (secondary N) is 4. The van der Waals surface area contributed by atoms with Crippen LogP contribution in [0.5, 0.6) is 0 Å². The van der Waals surface area contributed by atoms with Crippen LogP contribution < -0.4 is 27.4 Å². The Hall–Kier alpha value is -2.89. The topological polar surface area (TPSA) is 221 Å². The van der Waals surface area contributed by atoms with Gasteiger partial charge in [-0.15, -0.1) is 0 Å². The zero-order valence-electron chi connectivity index (χ0n) is 16.0. The molecule has 0 rings (SSSR count). The Bertz CT molecular complexity index is 582. The predicted molar refractivity (Wildman–Crippen MR) is 100 cm³/mol. The molecule has 0 aromatic carbocycles. The Balaban J connectivity index is 5.09. The lowest BCUT2D eigenvalue weighted by atomic mass is 10.0. The lowest BCUT2D eigenvalue weighted by Gasteiger charge is -2.23. The van der Waals surface area contributed by atoms with Gasteiger partial charge in [-0.25, -0.2) is 4.79 Å². The fourth-order valence-corrected chi connectivity index (χ4v) is 2.34. The van der Waals surface area contributed by atoms with Crippen molar-refractivity contribution in [2.45, 2.75) is 57.7 Å². The summed E-state index contributed by atoms with van der Waals surface area (Å²) in [7, 11) is 0. The number of aliphatic carboxylic acids is 2. The molecule has 0 saturated heterocycles. The van der Waals surface area contributed by atoms with Crippen LogP contribution in [0.1, 0.15) is 39.5 Å². The van der Waals surface area contributed by atoms with Crippen molar-refractivity contribution in [3.05, 3.63) is 0 Å². The third-order valence-corrected chi connectivity index (χ3v) is 3.67. The van der Waals surface area contributed by atoms with E-state index in [0.717, 1.165) is 0 Å². The van der Waals surface area contributed by atoms with Crippen LogP contribution in [0.2, 0.25) is 0 Å². The monoisotopic (exact) mass is 402 g/mol. The largest absolute Gasteiger partial charge is 0.481 e. The van der Waals surface area contributed by atoms with E-state index in [1.807, 2.05) is 13.8 Å². The Morgan fingerprint density at radius 1 is 1.04 bits per heavy atom. The molecule has 0 aromatic heterocycles. The van der Waals surface area contributed by atoms with E-state index in [0.29, 0.717) is 12.8 Å². The van der Waals surface area contributed by atoms with E-state index in [1.165, 1.54) is 0 Å². The summed E-state index contributed by atoms with van der Waals surface area (Å²) >= 11 is 0. The van der Waals surface area contributed by atoms with Crippen molar-refractivity contribution < 1.29 is 29.4 Å². The van der Waals surface area contributed by atoms with Crippen LogP contribution >= 0.6 is 0 Å². The van der Waals surface area contributed by atoms with E-state index in [1.54, 1.807) is 0 Å². The van der Waals surface area contributed by atoms with Crippen LogP contribution in [0, 0.1) is 11.3 Å². The van der Waals surface area contributed by atoms with E-state index in [9.17, 15) is 19.2 Å². The summed E-state index contributed by atoms with van der Waals surface area (Å²) < 4.78 is 0. The zero-order chi connectivity index (χ0) is 21.9. The summed E-state index contributed by atoms with van der Waals surface area (Å²) in [6, 6.07) is -3.60. The van der Waals surface area contributed by atoms with E-state index < -0.39 is 48.3 Å². The third-order valence-electron chi connectivity index (χ3n) is 3.67. The lowest BCUT2D eigenvalue weighted by Crippen LogP contribution is -2.55. The van der Waals surface area contributed by atoms with Crippen molar-refractivity contribution in [3.8, 4) is 0 Å². The molecular formula is C16H30N6O6. The number of hydrogen-bond acceptors (Lipinski definition) is 6. The number of amides is 2. The van der Waals surface area contributed by atoms with Crippen LogP contribution in [-0.4, -0.2) is 64.6 Å². The maximum atomic E-state index is 12.4. The van der Waals surface area contributed by atoms with Gasteiger partial charge in [-0.2, -0.15) is 0 Å². The Morgan fingerprint density at radius 3 is 2.07 bits per heavy atom. The van der Waals surface area contributed by atoms with Crippen LogP contribution in [0.15, 0.2) is 0 Å². The molecule has 2 amide bonds. The van der Waals surface area contributed by atoms with Crippen LogP contribution in [0.25, 0.3) is 0 Å². The highest BCUT2D eigenvalue weighted by Crippen LogP contribution is 2.05. The molecule has 0 unspecified atom stereocenters. The SMILES string of the molecule is CC(C)C[C@H](N)C(=O)N[C@@H](CCCNC(=N)N)C(=O)N[C@@H](CC(=O)O)C(=O)O. The van der Waals surface area contributed by atoms with Crippen LogP contribution in [0.3, 0.4) is 0 Å². The molecule has 0 bridgehead atoms. The first-order valence-electron chi connectivity index (χ1n) is 8.82. The molecule has 0 fully saturated rings. The van der Waals surface area contributed by atoms with Gasteiger partial charge >= 0.3 is 11.9 Å². The molecule has 0 heterocycles. The zero-order valence-corrected chi connectivity index (χ0v) is 16.0. The minimum absolute atomic E-state index is 0.103. The predicted octanol–water partition coefficient (Wildman–Crippen LogP) is -1.85. The fraction of sp³-hybridized carbons (Fsp3) is 0.688. The maximum absolute atomic E-state index is 12.4. The Kier molecular flexibility index (Phi) is 11.2. The minimum atomic E-state index is -1.64. The van der Waals surface area contributed by atoms with E-state index in [2.05, 4.69) is 16.0 Å². The standard InChI is InChI=1S/C16H30N6O6/c1-8(2)6-9(17)13(25)21-10(4-3-5-20-16(18)19)14(26)22-11(15(27)28)7-12(23)24/h8-11H,3-7,17H2,1-2H3,(H,21,25)(H,22,26)(H,23,24)(H,27,28)(H4,18,19,20)/t9-,10-,11-/m0/s1. The normalized spacial score (nSPS) is 13.9. The average Bonchev–Trinajstić information content (AvgIpc) is 2.55. The van der Waals surface area contributed by atoms with Gasteiger partial charge in [-0.05, 0) is 25.2 Å². The van der Waals surface area contributed by atoms with Crippen molar-refractivity contribution >= 4 is 29.7 Å². The van der Waals surface area contributed by atoms with Crippen molar-refractivity contribution in [1.29, 1.82) is 5.41 Å². The molecule has 0 aliphatic carbocycles. The van der Waals surface area contributed by atoms with Gasteiger partial charge in [0.25, 0.3) is 0 Å². The second-order valence-corrected chi connectivity index (χ2v) is 6.78. The summed E-state index contributed by atoms with van der Waals surface area (Å²) in [4.78, 5) is 46.6. The first kappa shape index (κ1) is 25.1. The third kappa shape index (κ3) is 11.0. The summed E-state index contributed by atoms with van der Waals surface area (Å²) in [5.41, 5.74) is 11.0. The number of hydrogen-bond donors (Lipinski definition) is 8. The summed E-state index contributed by atoms with van der Waals surface area (Å²) in [5.74, 6) is -4.40. The average molecular weight is 402 g/mol. The summed E-state index contributed by atoms with van der Waals surface area (Å²) in [6.07, 6.45) is 0.0169. The van der Waals surface area contributed by atoms with Crippen LogP contribution in [0.4, 0.5) is 0 Å². The molecular weight excluding hydrogens is 372 g/mol. The molecule has 3 atom stereocenters. The second kappa shape index (κ2) is 12.5. The highest BCUT2D eigenvalue weighted by atomic mass is 16.4.